The summed E-state index contributed by atoms with van der Waals surface area (Å²) in [5, 5.41) is 0. The molecule has 4 N–H and O–H groups in total. The number of nitrogen functional groups attached to an aromatic ring is 2. The molecule has 1 aromatic rings. The van der Waals surface area contributed by atoms with E-state index in [4.69, 9.17) is 11.5 Å². The lowest BCUT2D eigenvalue weighted by Gasteiger charge is -2.14. The molecule has 1 heterocycles. The predicted octanol–water partition coefficient (Wildman–Crippen LogP) is 1.07. The van der Waals surface area contributed by atoms with Crippen molar-refractivity contribution in [3.8, 4) is 0 Å². The fourth-order valence-corrected chi connectivity index (χ4v) is 0.941. The number of anilines is 3. The number of nitrogens with two attached hydrogens (primary N) is 2. The van der Waals surface area contributed by atoms with E-state index >= 15 is 0 Å². The highest BCUT2D eigenvalue weighted by Crippen LogP contribution is 2.29. The van der Waals surface area contributed by atoms with Gasteiger partial charge in [-0.05, 0) is 6.72 Å². The third kappa shape index (κ3) is 3.08. The summed E-state index contributed by atoms with van der Waals surface area (Å²) in [7, 11) is 3.63. The molecule has 0 atom stereocenters. The summed E-state index contributed by atoms with van der Waals surface area (Å²) in [6, 6.07) is 0. The van der Waals surface area contributed by atoms with Crippen molar-refractivity contribution < 1.29 is 0 Å². The second-order valence-electron chi connectivity index (χ2n) is 2.69. The largest absolute Gasteiger partial charge is 0.382 e. The van der Waals surface area contributed by atoms with Gasteiger partial charge in [0.25, 0.3) is 0 Å². The summed E-state index contributed by atoms with van der Waals surface area (Å²) in [6.07, 6.45) is 0. The second-order valence-corrected chi connectivity index (χ2v) is 2.69. The minimum atomic E-state index is 0.133. The van der Waals surface area contributed by atoms with E-state index in [-0.39, 0.29) is 11.8 Å². The smallest absolute Gasteiger partial charge is 0.224 e. The minimum Gasteiger partial charge on any atom is -0.382 e. The Balaban J connectivity index is 0.000000921. The van der Waals surface area contributed by atoms with Crippen LogP contribution in [0, 0.1) is 0 Å². The average molecular weight is 210 g/mol. The van der Waals surface area contributed by atoms with E-state index in [2.05, 4.69) is 21.7 Å². The van der Waals surface area contributed by atoms with Crippen LogP contribution in [0.5, 0.6) is 0 Å². The van der Waals surface area contributed by atoms with Crippen LogP contribution < -0.4 is 16.4 Å². The normalized spacial score (nSPS) is 8.80. The highest BCUT2D eigenvalue weighted by molar-refractivity contribution is 5.75. The van der Waals surface area contributed by atoms with E-state index < -0.39 is 0 Å². The summed E-state index contributed by atoms with van der Waals surface area (Å²) in [6.45, 7) is 7.39. The van der Waals surface area contributed by atoms with Crippen LogP contribution in [0.1, 0.15) is 13.8 Å². The van der Waals surface area contributed by atoms with E-state index in [0.717, 1.165) is 0 Å². The van der Waals surface area contributed by atoms with Crippen LogP contribution in [0.4, 0.5) is 23.3 Å². The Morgan fingerprint density at radius 1 is 1.20 bits per heavy atom. The molecule has 0 radical (unpaired) electrons. The van der Waals surface area contributed by atoms with Crippen LogP contribution >= 0.6 is 0 Å². The van der Waals surface area contributed by atoms with Gasteiger partial charge in [-0.2, -0.15) is 9.97 Å². The SMILES string of the molecule is C=Nc1c(N)nc(N)nc1N(C)C.CC. The first-order valence-corrected chi connectivity index (χ1v) is 4.63. The van der Waals surface area contributed by atoms with E-state index in [9.17, 15) is 0 Å². The van der Waals surface area contributed by atoms with Crippen LogP contribution in [0.3, 0.4) is 0 Å². The maximum atomic E-state index is 5.58. The highest BCUT2D eigenvalue weighted by atomic mass is 15.2. The van der Waals surface area contributed by atoms with E-state index in [1.807, 2.05) is 27.9 Å². The van der Waals surface area contributed by atoms with Gasteiger partial charge in [-0.15, -0.1) is 0 Å². The van der Waals surface area contributed by atoms with Crippen molar-refractivity contribution in [1.29, 1.82) is 0 Å². The number of hydrogen-bond donors (Lipinski definition) is 2. The van der Waals surface area contributed by atoms with Crippen LogP contribution in [0.2, 0.25) is 0 Å². The molecule has 0 saturated heterocycles. The Bertz CT molecular complexity index is 334. The van der Waals surface area contributed by atoms with Gasteiger partial charge in [-0.3, -0.25) is 4.99 Å². The number of hydrogen-bond acceptors (Lipinski definition) is 6. The molecular weight excluding hydrogens is 192 g/mol. The van der Waals surface area contributed by atoms with Gasteiger partial charge in [0.1, 0.15) is 5.69 Å². The molecular formula is C9H18N6. The van der Waals surface area contributed by atoms with Gasteiger partial charge in [-0.1, -0.05) is 13.8 Å². The van der Waals surface area contributed by atoms with Crippen molar-refractivity contribution in [2.45, 2.75) is 13.8 Å². The molecule has 6 nitrogen and oxygen atoms in total. The third-order valence-corrected chi connectivity index (χ3v) is 1.49. The lowest BCUT2D eigenvalue weighted by Crippen LogP contribution is -2.13. The Labute approximate surface area is 90.0 Å². The molecule has 0 bridgehead atoms. The van der Waals surface area contributed by atoms with Crippen LogP contribution in [0.15, 0.2) is 4.99 Å². The summed E-state index contributed by atoms with van der Waals surface area (Å²) >= 11 is 0. The Morgan fingerprint density at radius 2 is 1.73 bits per heavy atom. The molecule has 0 aliphatic heterocycles. The topological polar surface area (TPSA) is 93.4 Å². The first-order chi connectivity index (χ1) is 7.06. The van der Waals surface area contributed by atoms with E-state index in [1.165, 1.54) is 0 Å². The molecule has 0 aliphatic rings. The number of nitrogens with zero attached hydrogens (tertiary/aromatic N) is 4. The molecule has 1 aromatic heterocycles. The number of aromatic nitrogens is 2. The number of aliphatic imine (C=N–C) groups is 1. The zero-order valence-corrected chi connectivity index (χ0v) is 9.65. The van der Waals surface area contributed by atoms with Gasteiger partial charge >= 0.3 is 0 Å². The van der Waals surface area contributed by atoms with Crippen molar-refractivity contribution in [1.82, 2.24) is 9.97 Å². The summed E-state index contributed by atoms with van der Waals surface area (Å²) in [5.41, 5.74) is 11.5. The first-order valence-electron chi connectivity index (χ1n) is 4.63. The summed E-state index contributed by atoms with van der Waals surface area (Å²) < 4.78 is 0. The quantitative estimate of drug-likeness (QED) is 0.712. The Morgan fingerprint density at radius 3 is 2.13 bits per heavy atom. The number of rotatable bonds is 2. The van der Waals surface area contributed by atoms with E-state index in [1.54, 1.807) is 4.90 Å². The van der Waals surface area contributed by atoms with Crippen molar-refractivity contribution in [2.75, 3.05) is 30.5 Å². The molecule has 0 unspecified atom stereocenters. The average Bonchev–Trinajstić information content (AvgIpc) is 2.19. The molecule has 0 amide bonds. The fraction of sp³-hybridized carbons (Fsp3) is 0.444. The molecule has 0 spiro atoms. The second kappa shape index (κ2) is 5.79. The van der Waals surface area contributed by atoms with Crippen molar-refractivity contribution in [3.63, 3.8) is 0 Å². The fourth-order valence-electron chi connectivity index (χ4n) is 0.941. The standard InChI is InChI=1S/C7H12N6.C2H6/c1-10-4-5(8)11-7(9)12-6(4)13(2)3;1-2/h1H2,2-3H3,(H4,8,9,11,12);1-2H3. The summed E-state index contributed by atoms with van der Waals surface area (Å²) in [4.78, 5) is 13.2. The Hall–Kier alpha value is -1.85. The zero-order chi connectivity index (χ0) is 12.0. The van der Waals surface area contributed by atoms with Gasteiger partial charge in [0.05, 0.1) is 0 Å². The monoisotopic (exact) mass is 210 g/mol. The van der Waals surface area contributed by atoms with Crippen LogP contribution in [0.25, 0.3) is 0 Å². The van der Waals surface area contributed by atoms with Gasteiger partial charge < -0.3 is 16.4 Å². The van der Waals surface area contributed by atoms with Crippen molar-refractivity contribution >= 4 is 30.0 Å². The van der Waals surface area contributed by atoms with Gasteiger partial charge in [-0.25, -0.2) is 0 Å². The maximum Gasteiger partial charge on any atom is 0.224 e. The summed E-state index contributed by atoms with van der Waals surface area (Å²) in [5.74, 6) is 0.944. The van der Waals surface area contributed by atoms with Crippen LogP contribution in [-0.4, -0.2) is 30.8 Å². The van der Waals surface area contributed by atoms with Gasteiger partial charge in [0.2, 0.25) is 5.95 Å². The molecule has 0 aromatic carbocycles. The predicted molar refractivity (Wildman–Crippen MR) is 65.7 cm³/mol. The van der Waals surface area contributed by atoms with E-state index in [0.29, 0.717) is 11.5 Å². The lowest BCUT2D eigenvalue weighted by molar-refractivity contribution is 1.05. The van der Waals surface area contributed by atoms with Crippen molar-refractivity contribution in [3.05, 3.63) is 0 Å². The maximum absolute atomic E-state index is 5.58. The minimum absolute atomic E-state index is 0.133. The van der Waals surface area contributed by atoms with Crippen LogP contribution in [-0.2, 0) is 0 Å². The molecule has 1 rings (SSSR count). The molecule has 0 aliphatic carbocycles. The third-order valence-electron chi connectivity index (χ3n) is 1.49. The molecule has 0 fully saturated rings. The molecule has 15 heavy (non-hydrogen) atoms. The lowest BCUT2D eigenvalue weighted by atomic mass is 10.4. The molecule has 0 saturated carbocycles. The Kier molecular flexibility index (Phi) is 5.08. The molecule has 84 valence electrons. The van der Waals surface area contributed by atoms with Gasteiger partial charge in [0.15, 0.2) is 11.6 Å². The highest BCUT2D eigenvalue weighted by Gasteiger charge is 2.10. The van der Waals surface area contributed by atoms with Crippen molar-refractivity contribution in [2.24, 2.45) is 4.99 Å². The molecule has 6 heteroatoms. The first kappa shape index (κ1) is 13.2. The van der Waals surface area contributed by atoms with Gasteiger partial charge in [0, 0.05) is 14.1 Å². The zero-order valence-electron chi connectivity index (χ0n) is 9.65.